The van der Waals surface area contributed by atoms with Crippen LogP contribution in [0.3, 0.4) is 0 Å². The highest BCUT2D eigenvalue weighted by Crippen LogP contribution is 2.37. The van der Waals surface area contributed by atoms with Crippen LogP contribution in [0.5, 0.6) is 11.5 Å². The second-order valence-electron chi connectivity index (χ2n) is 4.63. The van der Waals surface area contributed by atoms with Gasteiger partial charge in [-0.05, 0) is 53.0 Å². The van der Waals surface area contributed by atoms with Crippen LogP contribution in [0.4, 0.5) is 0 Å². The number of hydrogen-bond donors (Lipinski definition) is 0. The first-order valence-electron chi connectivity index (χ1n) is 7.36. The van der Waals surface area contributed by atoms with E-state index in [1.807, 2.05) is 19.9 Å². The topological polar surface area (TPSA) is 68.6 Å². The quantitative estimate of drug-likeness (QED) is 0.293. The lowest BCUT2D eigenvalue weighted by Crippen LogP contribution is -2.07. The van der Waals surface area contributed by atoms with Gasteiger partial charge in [-0.25, -0.2) is 4.79 Å². The molecule has 0 unspecified atom stereocenters. The molecule has 0 spiro atoms. The highest BCUT2D eigenvalue weighted by molar-refractivity contribution is 9.10. The zero-order valence-corrected chi connectivity index (χ0v) is 15.1. The first kappa shape index (κ1) is 19.0. The summed E-state index contributed by atoms with van der Waals surface area (Å²) in [6.07, 6.45) is 3.16. The fourth-order valence-corrected chi connectivity index (χ4v) is 2.44. The molecule has 1 rings (SSSR count). The maximum absolute atomic E-state index is 11.9. The standard InChI is InChI=1S/C17H20BrNO4/c1-4-6-7-23-17(20)13(11-19)8-12-9-14(18)16(21-3)15(10-12)22-5-2/h8-10H,4-7H2,1-3H3/b13-8+. The van der Waals surface area contributed by atoms with E-state index in [1.54, 1.807) is 19.2 Å². The van der Waals surface area contributed by atoms with Gasteiger partial charge >= 0.3 is 5.97 Å². The van der Waals surface area contributed by atoms with Gasteiger partial charge in [0.25, 0.3) is 0 Å². The molecule has 0 fully saturated rings. The molecule has 0 aliphatic carbocycles. The van der Waals surface area contributed by atoms with Gasteiger partial charge in [0.2, 0.25) is 0 Å². The summed E-state index contributed by atoms with van der Waals surface area (Å²) in [5.74, 6) is 0.478. The molecule has 0 atom stereocenters. The van der Waals surface area contributed by atoms with Gasteiger partial charge in [-0.1, -0.05) is 13.3 Å². The molecule has 1 aromatic carbocycles. The third-order valence-corrected chi connectivity index (χ3v) is 3.51. The van der Waals surface area contributed by atoms with E-state index in [1.165, 1.54) is 6.08 Å². The number of carbonyl (C=O) groups is 1. The number of ether oxygens (including phenoxy) is 3. The molecule has 6 heteroatoms. The Morgan fingerprint density at radius 2 is 2.13 bits per heavy atom. The van der Waals surface area contributed by atoms with Gasteiger partial charge in [0.1, 0.15) is 11.6 Å². The van der Waals surface area contributed by atoms with Crippen molar-refractivity contribution in [2.24, 2.45) is 0 Å². The van der Waals surface area contributed by atoms with Crippen LogP contribution < -0.4 is 9.47 Å². The Bertz CT molecular complexity index is 620. The summed E-state index contributed by atoms with van der Waals surface area (Å²) >= 11 is 3.39. The second kappa shape index (κ2) is 9.90. The third-order valence-electron chi connectivity index (χ3n) is 2.92. The maximum atomic E-state index is 11.9. The van der Waals surface area contributed by atoms with Crippen LogP contribution in [-0.4, -0.2) is 26.3 Å². The minimum atomic E-state index is -0.620. The van der Waals surface area contributed by atoms with Gasteiger partial charge in [0, 0.05) is 0 Å². The van der Waals surface area contributed by atoms with Crippen molar-refractivity contribution in [1.29, 1.82) is 5.26 Å². The van der Waals surface area contributed by atoms with Crippen LogP contribution in [0.25, 0.3) is 6.08 Å². The minimum Gasteiger partial charge on any atom is -0.492 e. The van der Waals surface area contributed by atoms with Crippen LogP contribution in [-0.2, 0) is 9.53 Å². The molecule has 23 heavy (non-hydrogen) atoms. The van der Waals surface area contributed by atoms with Crippen LogP contribution in [0.2, 0.25) is 0 Å². The second-order valence-corrected chi connectivity index (χ2v) is 5.48. The SMILES string of the molecule is CCCCOC(=O)/C(C#N)=C/c1cc(Br)c(OC)c(OCC)c1. The molecule has 0 N–H and O–H groups in total. The molecular weight excluding hydrogens is 362 g/mol. The number of carbonyl (C=O) groups excluding carboxylic acids is 1. The summed E-state index contributed by atoms with van der Waals surface area (Å²) < 4.78 is 16.5. The average Bonchev–Trinajstić information content (AvgIpc) is 2.53. The Labute approximate surface area is 145 Å². The Kier molecular flexibility index (Phi) is 8.20. The van der Waals surface area contributed by atoms with Crippen LogP contribution in [0.15, 0.2) is 22.2 Å². The number of halogens is 1. The summed E-state index contributed by atoms with van der Waals surface area (Å²) in [6.45, 7) is 4.64. The molecule has 0 amide bonds. The Morgan fingerprint density at radius 1 is 1.39 bits per heavy atom. The van der Waals surface area contributed by atoms with E-state index in [0.717, 1.165) is 12.8 Å². The van der Waals surface area contributed by atoms with Gasteiger partial charge in [0.15, 0.2) is 11.5 Å². The van der Waals surface area contributed by atoms with E-state index in [4.69, 9.17) is 14.2 Å². The maximum Gasteiger partial charge on any atom is 0.348 e. The number of unbranched alkanes of at least 4 members (excludes halogenated alkanes) is 1. The summed E-state index contributed by atoms with van der Waals surface area (Å²) in [5.41, 5.74) is 0.589. The monoisotopic (exact) mass is 381 g/mol. The van der Waals surface area contributed by atoms with E-state index >= 15 is 0 Å². The Morgan fingerprint density at radius 3 is 2.70 bits per heavy atom. The summed E-state index contributed by atoms with van der Waals surface area (Å²) in [5, 5.41) is 9.17. The molecular formula is C17H20BrNO4. The molecule has 0 radical (unpaired) electrons. The van der Waals surface area contributed by atoms with Crippen molar-refractivity contribution >= 4 is 28.0 Å². The molecule has 5 nitrogen and oxygen atoms in total. The van der Waals surface area contributed by atoms with Crippen molar-refractivity contribution in [3.05, 3.63) is 27.7 Å². The lowest BCUT2D eigenvalue weighted by atomic mass is 10.1. The highest BCUT2D eigenvalue weighted by Gasteiger charge is 2.14. The normalized spacial score (nSPS) is 10.8. The predicted octanol–water partition coefficient (Wildman–Crippen LogP) is 4.11. The van der Waals surface area contributed by atoms with Gasteiger partial charge in [-0.2, -0.15) is 5.26 Å². The predicted molar refractivity (Wildman–Crippen MR) is 91.3 cm³/mol. The molecule has 0 aliphatic rings. The van der Waals surface area contributed by atoms with Crippen LogP contribution in [0.1, 0.15) is 32.3 Å². The van der Waals surface area contributed by atoms with Crippen molar-refractivity contribution in [3.63, 3.8) is 0 Å². The third kappa shape index (κ3) is 5.61. The Hall–Kier alpha value is -2.00. The van der Waals surface area contributed by atoms with Crippen molar-refractivity contribution in [2.75, 3.05) is 20.3 Å². The van der Waals surface area contributed by atoms with Crippen molar-refractivity contribution in [1.82, 2.24) is 0 Å². The molecule has 0 saturated heterocycles. The number of rotatable bonds is 8. The van der Waals surface area contributed by atoms with Crippen molar-refractivity contribution in [2.45, 2.75) is 26.7 Å². The van der Waals surface area contributed by atoms with Gasteiger partial charge in [0.05, 0.1) is 24.8 Å². The molecule has 0 aliphatic heterocycles. The molecule has 124 valence electrons. The fraction of sp³-hybridized carbons (Fsp3) is 0.412. The van der Waals surface area contributed by atoms with E-state index < -0.39 is 5.97 Å². The number of hydrogen-bond acceptors (Lipinski definition) is 5. The van der Waals surface area contributed by atoms with Crippen LogP contribution in [0, 0.1) is 11.3 Å². The zero-order chi connectivity index (χ0) is 17.2. The molecule has 0 aromatic heterocycles. The van der Waals surface area contributed by atoms with Crippen molar-refractivity contribution < 1.29 is 19.0 Å². The van der Waals surface area contributed by atoms with Crippen LogP contribution >= 0.6 is 15.9 Å². The average molecular weight is 382 g/mol. The van der Waals surface area contributed by atoms with E-state index in [2.05, 4.69) is 15.9 Å². The smallest absolute Gasteiger partial charge is 0.348 e. The van der Waals surface area contributed by atoms with Gasteiger partial charge in [-0.15, -0.1) is 0 Å². The number of methoxy groups -OCH3 is 1. The first-order valence-corrected chi connectivity index (χ1v) is 8.15. The van der Waals surface area contributed by atoms with E-state index in [0.29, 0.717) is 34.7 Å². The van der Waals surface area contributed by atoms with E-state index in [-0.39, 0.29) is 5.57 Å². The lowest BCUT2D eigenvalue weighted by molar-refractivity contribution is -0.138. The number of benzene rings is 1. The minimum absolute atomic E-state index is 0.0550. The highest BCUT2D eigenvalue weighted by atomic mass is 79.9. The summed E-state index contributed by atoms with van der Waals surface area (Å²) in [6, 6.07) is 5.34. The molecule has 1 aromatic rings. The first-order chi connectivity index (χ1) is 11.1. The molecule has 0 bridgehead atoms. The Balaban J connectivity index is 3.08. The molecule has 0 saturated carbocycles. The van der Waals surface area contributed by atoms with Crippen molar-refractivity contribution in [3.8, 4) is 17.6 Å². The molecule has 0 heterocycles. The summed E-state index contributed by atoms with van der Waals surface area (Å²) in [4.78, 5) is 11.9. The lowest BCUT2D eigenvalue weighted by Gasteiger charge is -2.12. The largest absolute Gasteiger partial charge is 0.492 e. The fourth-order valence-electron chi connectivity index (χ4n) is 1.82. The summed E-state index contributed by atoms with van der Waals surface area (Å²) in [7, 11) is 1.55. The number of nitrogens with zero attached hydrogens (tertiary/aromatic N) is 1. The van der Waals surface area contributed by atoms with Gasteiger partial charge < -0.3 is 14.2 Å². The zero-order valence-electron chi connectivity index (χ0n) is 13.5. The van der Waals surface area contributed by atoms with E-state index in [9.17, 15) is 10.1 Å². The number of esters is 1. The van der Waals surface area contributed by atoms with Gasteiger partial charge in [-0.3, -0.25) is 0 Å². The number of nitriles is 1.